The second kappa shape index (κ2) is 9.54. The summed E-state index contributed by atoms with van der Waals surface area (Å²) in [5.74, 6) is -6.76. The van der Waals surface area contributed by atoms with Crippen molar-refractivity contribution < 1.29 is 41.5 Å². The summed E-state index contributed by atoms with van der Waals surface area (Å²) in [6, 6.07) is 2.20. The molecule has 2 aromatic rings. The van der Waals surface area contributed by atoms with Crippen molar-refractivity contribution in [1.29, 1.82) is 0 Å². The van der Waals surface area contributed by atoms with Gasteiger partial charge in [-0.15, -0.1) is 0 Å². The molecule has 0 unspecified atom stereocenters. The van der Waals surface area contributed by atoms with E-state index in [9.17, 15) is 36.7 Å². The molecule has 9 nitrogen and oxygen atoms in total. The van der Waals surface area contributed by atoms with E-state index in [2.05, 4.69) is 10.6 Å². The summed E-state index contributed by atoms with van der Waals surface area (Å²) >= 11 is 0. The molecule has 0 aromatic heterocycles. The molecule has 0 radical (unpaired) electrons. The lowest BCUT2D eigenvalue weighted by Crippen LogP contribution is -2.46. The largest absolute Gasteiger partial charge is 0.427 e. The third kappa shape index (κ3) is 4.25. The predicted molar refractivity (Wildman–Crippen MR) is 127 cm³/mol. The van der Waals surface area contributed by atoms with E-state index in [1.165, 1.54) is 18.0 Å². The van der Waals surface area contributed by atoms with E-state index in [0.717, 1.165) is 18.2 Å². The molecule has 2 fully saturated rings. The van der Waals surface area contributed by atoms with Crippen LogP contribution in [-0.2, 0) is 26.3 Å². The predicted octanol–water partition coefficient (Wildman–Crippen LogP) is 3.87. The lowest BCUT2D eigenvalue weighted by Gasteiger charge is -2.30. The number of nitrogens with zero attached hydrogens (tertiary/aromatic N) is 2. The van der Waals surface area contributed by atoms with E-state index in [4.69, 9.17) is 4.74 Å². The van der Waals surface area contributed by atoms with Crippen LogP contribution >= 0.6 is 0 Å². The number of likely N-dealkylation sites (tertiary alicyclic amines) is 1. The van der Waals surface area contributed by atoms with Crippen LogP contribution in [0.25, 0.3) is 0 Å². The number of hydrogen-bond donors (Lipinski definition) is 2. The van der Waals surface area contributed by atoms with Gasteiger partial charge in [0.05, 0.1) is 11.7 Å². The first kappa shape index (κ1) is 26.4. The second-order valence-corrected chi connectivity index (χ2v) is 9.82. The first-order valence-corrected chi connectivity index (χ1v) is 12.3. The van der Waals surface area contributed by atoms with Gasteiger partial charge >= 0.3 is 12.1 Å². The highest BCUT2D eigenvalue weighted by molar-refractivity contribution is 6.06. The number of nitrogens with one attached hydrogen (secondary N) is 2. The maximum atomic E-state index is 14.8. The van der Waals surface area contributed by atoms with Gasteiger partial charge in [-0.25, -0.2) is 32.1 Å². The molecule has 2 N–H and O–H groups in total. The fourth-order valence-corrected chi connectivity index (χ4v) is 5.66. The number of benzene rings is 2. The van der Waals surface area contributed by atoms with Gasteiger partial charge in [-0.3, -0.25) is 9.59 Å². The number of carbonyl (C=O) groups is 4. The Morgan fingerprint density at radius 3 is 2.41 bits per heavy atom. The van der Waals surface area contributed by atoms with E-state index >= 15 is 0 Å². The van der Waals surface area contributed by atoms with Crippen molar-refractivity contribution in [3.63, 3.8) is 0 Å². The molecule has 3 aliphatic rings. The van der Waals surface area contributed by atoms with Crippen molar-refractivity contribution >= 4 is 29.6 Å². The van der Waals surface area contributed by atoms with Gasteiger partial charge < -0.3 is 20.3 Å². The molecule has 206 valence electrons. The van der Waals surface area contributed by atoms with Gasteiger partial charge in [0.2, 0.25) is 11.5 Å². The molecule has 2 heterocycles. The maximum Gasteiger partial charge on any atom is 0.418 e. The Morgan fingerprint density at radius 2 is 1.74 bits per heavy atom. The second-order valence-electron chi connectivity index (χ2n) is 9.82. The van der Waals surface area contributed by atoms with Crippen LogP contribution in [0.1, 0.15) is 48.9 Å². The highest BCUT2D eigenvalue weighted by Gasteiger charge is 2.59. The van der Waals surface area contributed by atoms with Gasteiger partial charge in [-0.2, -0.15) is 0 Å². The Hall–Kier alpha value is -4.16. The molecule has 5 amide bonds. The zero-order chi connectivity index (χ0) is 28.2. The Balaban J connectivity index is 1.39. The number of hydrogen-bond acceptors (Lipinski definition) is 5. The van der Waals surface area contributed by atoms with Crippen molar-refractivity contribution in [3.05, 3.63) is 64.2 Å². The molecule has 1 aliphatic carbocycles. The number of ether oxygens (including phenoxy) is 1. The van der Waals surface area contributed by atoms with E-state index in [1.807, 2.05) is 0 Å². The molecule has 13 heteroatoms. The van der Waals surface area contributed by atoms with Crippen LogP contribution in [-0.4, -0.2) is 53.4 Å². The number of amides is 5. The minimum Gasteiger partial charge on any atom is -0.427 e. The SMILES string of the molecule is CNC(=O)Nc1cc2c(cc1F)[C@@]1(CC2)OC(=O)N(CC(=O)N2[C@@H](C)CC[C@H]2c2cc(F)c(F)c(F)c2)C1=O. The van der Waals surface area contributed by atoms with E-state index in [1.54, 1.807) is 6.92 Å². The monoisotopic (exact) mass is 548 g/mol. The summed E-state index contributed by atoms with van der Waals surface area (Å²) in [4.78, 5) is 53.2. The van der Waals surface area contributed by atoms with Crippen molar-refractivity contribution in [2.24, 2.45) is 0 Å². The standard InChI is InChI=1S/C26H24F4N4O5/c1-12-3-4-20(14-7-17(28)22(30)18(29)8-14)34(12)21(35)11-33-23(36)26(39-25(33)38)6-5-13-9-19(32-24(37)31-2)16(27)10-15(13)26/h7-10,12,20H,3-6,11H2,1-2H3,(H2,31,32,37)/t12-,20-,26+/m0/s1. The topological polar surface area (TPSA) is 108 Å². The molecule has 39 heavy (non-hydrogen) atoms. The molecule has 2 aliphatic heterocycles. The molecule has 2 aromatic carbocycles. The van der Waals surface area contributed by atoms with Crippen molar-refractivity contribution in [1.82, 2.24) is 15.1 Å². The summed E-state index contributed by atoms with van der Waals surface area (Å²) < 4.78 is 61.5. The number of rotatable bonds is 4. The van der Waals surface area contributed by atoms with Gasteiger partial charge in [0, 0.05) is 25.1 Å². The first-order valence-electron chi connectivity index (χ1n) is 12.3. The van der Waals surface area contributed by atoms with Crippen molar-refractivity contribution in [3.8, 4) is 0 Å². The van der Waals surface area contributed by atoms with Gasteiger partial charge in [-0.1, -0.05) is 0 Å². The van der Waals surface area contributed by atoms with Crippen LogP contribution in [0.3, 0.4) is 0 Å². The van der Waals surface area contributed by atoms with Gasteiger partial charge in [0.1, 0.15) is 12.4 Å². The molecule has 0 bridgehead atoms. The minimum atomic E-state index is -1.82. The van der Waals surface area contributed by atoms with Crippen molar-refractivity contribution in [2.45, 2.75) is 50.3 Å². The maximum absolute atomic E-state index is 14.8. The van der Waals surface area contributed by atoms with Crippen LogP contribution in [0.5, 0.6) is 0 Å². The fraction of sp³-hybridized carbons (Fsp3) is 0.385. The molecule has 3 atom stereocenters. The number of carbonyl (C=O) groups excluding carboxylic acids is 4. The summed E-state index contributed by atoms with van der Waals surface area (Å²) in [6.45, 7) is 1.00. The third-order valence-electron chi connectivity index (χ3n) is 7.56. The zero-order valence-corrected chi connectivity index (χ0v) is 20.9. The fourth-order valence-electron chi connectivity index (χ4n) is 5.66. The van der Waals surface area contributed by atoms with Crippen LogP contribution in [0.2, 0.25) is 0 Å². The quantitative estimate of drug-likeness (QED) is 0.446. The Morgan fingerprint density at radius 1 is 1.05 bits per heavy atom. The van der Waals surface area contributed by atoms with Crippen LogP contribution in [0.15, 0.2) is 24.3 Å². The number of fused-ring (bicyclic) bond motifs is 2. The van der Waals surface area contributed by atoms with Crippen LogP contribution in [0, 0.1) is 23.3 Å². The van der Waals surface area contributed by atoms with Gasteiger partial charge in [-0.05, 0) is 61.6 Å². The number of anilines is 1. The number of urea groups is 1. The zero-order valence-electron chi connectivity index (χ0n) is 20.9. The number of aryl methyl sites for hydroxylation is 1. The normalized spacial score (nSPS) is 23.8. The molecule has 1 spiro atoms. The Labute approximate surface area is 220 Å². The summed E-state index contributed by atoms with van der Waals surface area (Å²) in [6.07, 6.45) is -0.0307. The third-order valence-corrected chi connectivity index (χ3v) is 7.56. The summed E-state index contributed by atoms with van der Waals surface area (Å²) in [5.41, 5.74) is -1.27. The van der Waals surface area contributed by atoms with Gasteiger partial charge in [0.15, 0.2) is 17.5 Å². The van der Waals surface area contributed by atoms with Crippen LogP contribution < -0.4 is 10.6 Å². The lowest BCUT2D eigenvalue weighted by molar-refractivity contribution is -0.143. The number of halogens is 4. The van der Waals surface area contributed by atoms with Crippen molar-refractivity contribution in [2.75, 3.05) is 18.9 Å². The average molecular weight is 548 g/mol. The Kier molecular flexibility index (Phi) is 6.47. The molecule has 0 saturated carbocycles. The highest BCUT2D eigenvalue weighted by atomic mass is 19.2. The van der Waals surface area contributed by atoms with E-state index < -0.39 is 71.4 Å². The first-order chi connectivity index (χ1) is 18.5. The summed E-state index contributed by atoms with van der Waals surface area (Å²) in [7, 11) is 1.36. The van der Waals surface area contributed by atoms with Crippen LogP contribution in [0.4, 0.5) is 32.8 Å². The highest BCUT2D eigenvalue weighted by Crippen LogP contribution is 2.47. The minimum absolute atomic E-state index is 0.0112. The van der Waals surface area contributed by atoms with E-state index in [0.29, 0.717) is 23.3 Å². The van der Waals surface area contributed by atoms with Gasteiger partial charge in [0.25, 0.3) is 5.91 Å². The molecular formula is C26H24F4N4O5. The number of imide groups is 1. The molecule has 5 rings (SSSR count). The van der Waals surface area contributed by atoms with E-state index in [-0.39, 0.29) is 29.7 Å². The molecule has 2 saturated heterocycles. The summed E-state index contributed by atoms with van der Waals surface area (Å²) in [5, 5.41) is 4.65. The lowest BCUT2D eigenvalue weighted by atomic mass is 9.94. The average Bonchev–Trinajstić information content (AvgIpc) is 3.52. The smallest absolute Gasteiger partial charge is 0.418 e. The molecular weight excluding hydrogens is 524 g/mol. The Bertz CT molecular complexity index is 1400.